The maximum Gasteiger partial charge on any atom is 0.137 e. The lowest BCUT2D eigenvalue weighted by Crippen LogP contribution is -2.52. The summed E-state index contributed by atoms with van der Waals surface area (Å²) < 4.78 is 0. The third-order valence-electron chi connectivity index (χ3n) is 4.35. The molecule has 1 aliphatic rings. The van der Waals surface area contributed by atoms with Gasteiger partial charge in [-0.1, -0.05) is 13.8 Å². The van der Waals surface area contributed by atoms with Crippen molar-refractivity contribution in [1.29, 1.82) is 0 Å². The first-order chi connectivity index (χ1) is 10.1. The summed E-state index contributed by atoms with van der Waals surface area (Å²) in [5.74, 6) is 3.03. The highest BCUT2D eigenvalue weighted by Gasteiger charge is 2.25. The summed E-state index contributed by atoms with van der Waals surface area (Å²) in [5.41, 5.74) is 1.16. The van der Waals surface area contributed by atoms with Gasteiger partial charge in [0.1, 0.15) is 17.5 Å². The molecular weight excluding hydrogens is 262 g/mol. The van der Waals surface area contributed by atoms with E-state index < -0.39 is 0 Å². The van der Waals surface area contributed by atoms with Crippen LogP contribution in [0.3, 0.4) is 0 Å². The molecular formula is C16H29N5. The Bertz CT molecular complexity index is 474. The van der Waals surface area contributed by atoms with Crippen LogP contribution in [-0.4, -0.2) is 54.1 Å². The number of nitrogens with zero attached hydrogens (tertiary/aromatic N) is 4. The molecule has 0 bridgehead atoms. The Labute approximate surface area is 128 Å². The summed E-state index contributed by atoms with van der Waals surface area (Å²) >= 11 is 0. The van der Waals surface area contributed by atoms with E-state index in [1.54, 1.807) is 0 Å². The van der Waals surface area contributed by atoms with E-state index in [2.05, 4.69) is 47.8 Å². The molecule has 0 radical (unpaired) electrons. The molecule has 5 heteroatoms. The first-order valence-electron chi connectivity index (χ1n) is 8.14. The molecule has 0 aliphatic carbocycles. The van der Waals surface area contributed by atoms with Gasteiger partial charge in [-0.3, -0.25) is 4.90 Å². The minimum Gasteiger partial charge on any atom is -0.373 e. The number of nitrogens with one attached hydrogen (secondary N) is 1. The van der Waals surface area contributed by atoms with Gasteiger partial charge >= 0.3 is 0 Å². The lowest BCUT2D eigenvalue weighted by atomic mass is 10.1. The van der Waals surface area contributed by atoms with Gasteiger partial charge < -0.3 is 10.2 Å². The van der Waals surface area contributed by atoms with Gasteiger partial charge in [0.15, 0.2) is 0 Å². The molecule has 1 unspecified atom stereocenters. The van der Waals surface area contributed by atoms with Crippen molar-refractivity contribution >= 4 is 11.6 Å². The molecule has 21 heavy (non-hydrogen) atoms. The van der Waals surface area contributed by atoms with Crippen LogP contribution >= 0.6 is 0 Å². The molecule has 1 aromatic heterocycles. The summed E-state index contributed by atoms with van der Waals surface area (Å²) in [4.78, 5) is 14.4. The maximum absolute atomic E-state index is 4.84. The number of aromatic nitrogens is 2. The monoisotopic (exact) mass is 291 g/mol. The first kappa shape index (κ1) is 16.0. The number of rotatable bonds is 5. The van der Waals surface area contributed by atoms with Crippen LogP contribution in [0.25, 0.3) is 0 Å². The third-order valence-corrected chi connectivity index (χ3v) is 4.35. The molecule has 2 rings (SSSR count). The molecule has 118 valence electrons. The summed E-state index contributed by atoms with van der Waals surface area (Å²) in [6, 6.07) is 0.575. The predicted molar refractivity (Wildman–Crippen MR) is 89.2 cm³/mol. The van der Waals surface area contributed by atoms with E-state index in [9.17, 15) is 0 Å². The Kier molecular flexibility index (Phi) is 5.39. The SMILES string of the molecule is CCCc1nc(NC)c(C)c(N2CCN(CC)C(C)C2)n1. The smallest absolute Gasteiger partial charge is 0.137 e. The minimum absolute atomic E-state index is 0.575. The van der Waals surface area contributed by atoms with Crippen LogP contribution in [0, 0.1) is 6.92 Å². The van der Waals surface area contributed by atoms with Crippen molar-refractivity contribution in [3.63, 3.8) is 0 Å². The largest absolute Gasteiger partial charge is 0.373 e. The van der Waals surface area contributed by atoms with Gasteiger partial charge in [-0.25, -0.2) is 9.97 Å². The van der Waals surface area contributed by atoms with E-state index in [1.165, 1.54) is 0 Å². The Morgan fingerprint density at radius 3 is 2.57 bits per heavy atom. The fourth-order valence-corrected chi connectivity index (χ4v) is 3.09. The highest BCUT2D eigenvalue weighted by Crippen LogP contribution is 2.26. The van der Waals surface area contributed by atoms with Crippen LogP contribution in [-0.2, 0) is 6.42 Å². The molecule has 1 fully saturated rings. The van der Waals surface area contributed by atoms with Crippen LogP contribution in [0.5, 0.6) is 0 Å². The number of hydrogen-bond acceptors (Lipinski definition) is 5. The van der Waals surface area contributed by atoms with Gasteiger partial charge in [0.05, 0.1) is 0 Å². The second-order valence-corrected chi connectivity index (χ2v) is 5.86. The molecule has 0 spiro atoms. The molecule has 0 aromatic carbocycles. The molecule has 0 amide bonds. The standard InChI is InChI=1S/C16H29N5/c1-6-8-14-18-15(17-5)13(4)16(19-14)21-10-9-20(7-2)12(3)11-21/h12H,6-11H2,1-5H3,(H,17,18,19). The topological polar surface area (TPSA) is 44.3 Å². The van der Waals surface area contributed by atoms with Crippen LogP contribution < -0.4 is 10.2 Å². The van der Waals surface area contributed by atoms with Gasteiger partial charge in [-0.05, 0) is 26.8 Å². The highest BCUT2D eigenvalue weighted by molar-refractivity contribution is 5.58. The second kappa shape index (κ2) is 7.07. The van der Waals surface area contributed by atoms with Crippen molar-refractivity contribution in [2.75, 3.05) is 43.4 Å². The number of piperazine rings is 1. The quantitative estimate of drug-likeness (QED) is 0.902. The highest BCUT2D eigenvalue weighted by atomic mass is 15.3. The van der Waals surface area contributed by atoms with Gasteiger partial charge in [0.2, 0.25) is 0 Å². The van der Waals surface area contributed by atoms with E-state index in [-0.39, 0.29) is 0 Å². The molecule has 1 atom stereocenters. The number of likely N-dealkylation sites (N-methyl/N-ethyl adjacent to an activating group) is 1. The Hall–Kier alpha value is -1.36. The summed E-state index contributed by atoms with van der Waals surface area (Å²) in [5, 5.41) is 3.22. The molecule has 1 aliphatic heterocycles. The molecule has 2 heterocycles. The Morgan fingerprint density at radius 2 is 2.00 bits per heavy atom. The van der Waals surface area contributed by atoms with Crippen LogP contribution in [0.2, 0.25) is 0 Å². The van der Waals surface area contributed by atoms with E-state index in [1.807, 2.05) is 7.05 Å². The average Bonchev–Trinajstić information content (AvgIpc) is 2.49. The molecule has 1 N–H and O–H groups in total. The van der Waals surface area contributed by atoms with Crippen molar-refractivity contribution in [3.8, 4) is 0 Å². The second-order valence-electron chi connectivity index (χ2n) is 5.86. The third kappa shape index (κ3) is 3.46. The van der Waals surface area contributed by atoms with Crippen molar-refractivity contribution in [1.82, 2.24) is 14.9 Å². The minimum atomic E-state index is 0.575. The zero-order chi connectivity index (χ0) is 15.4. The first-order valence-corrected chi connectivity index (χ1v) is 8.14. The van der Waals surface area contributed by atoms with E-state index in [0.29, 0.717) is 6.04 Å². The van der Waals surface area contributed by atoms with Crippen LogP contribution in [0.15, 0.2) is 0 Å². The number of aryl methyl sites for hydroxylation is 1. The Morgan fingerprint density at radius 1 is 1.24 bits per heavy atom. The normalized spacial score (nSPS) is 19.9. The zero-order valence-electron chi connectivity index (χ0n) is 14.1. The summed E-state index contributed by atoms with van der Waals surface area (Å²) in [7, 11) is 1.94. The molecule has 1 aromatic rings. The Balaban J connectivity index is 2.28. The maximum atomic E-state index is 4.84. The van der Waals surface area contributed by atoms with Gasteiger partial charge in [-0.2, -0.15) is 0 Å². The summed E-state index contributed by atoms with van der Waals surface area (Å²) in [6.45, 7) is 13.2. The van der Waals surface area contributed by atoms with Crippen molar-refractivity contribution in [3.05, 3.63) is 11.4 Å². The zero-order valence-corrected chi connectivity index (χ0v) is 14.1. The number of hydrogen-bond donors (Lipinski definition) is 1. The lowest BCUT2D eigenvalue weighted by Gasteiger charge is -2.40. The predicted octanol–water partition coefficient (Wildman–Crippen LogP) is 2.31. The number of anilines is 2. The van der Waals surface area contributed by atoms with Gasteiger partial charge in [0.25, 0.3) is 0 Å². The van der Waals surface area contributed by atoms with E-state index in [4.69, 9.17) is 4.98 Å². The van der Waals surface area contributed by atoms with Crippen LogP contribution in [0.4, 0.5) is 11.6 Å². The van der Waals surface area contributed by atoms with Gasteiger partial charge in [-0.15, -0.1) is 0 Å². The van der Waals surface area contributed by atoms with Crippen molar-refractivity contribution < 1.29 is 0 Å². The summed E-state index contributed by atoms with van der Waals surface area (Å²) in [6.07, 6.45) is 2.01. The fraction of sp³-hybridized carbons (Fsp3) is 0.750. The molecule has 5 nitrogen and oxygen atoms in total. The average molecular weight is 291 g/mol. The lowest BCUT2D eigenvalue weighted by molar-refractivity contribution is 0.199. The van der Waals surface area contributed by atoms with Crippen molar-refractivity contribution in [2.24, 2.45) is 0 Å². The molecule has 0 saturated carbocycles. The van der Waals surface area contributed by atoms with E-state index in [0.717, 1.165) is 62.0 Å². The van der Waals surface area contributed by atoms with Crippen molar-refractivity contribution in [2.45, 2.75) is 46.6 Å². The van der Waals surface area contributed by atoms with Crippen LogP contribution in [0.1, 0.15) is 38.6 Å². The fourth-order valence-electron chi connectivity index (χ4n) is 3.09. The van der Waals surface area contributed by atoms with E-state index >= 15 is 0 Å². The van der Waals surface area contributed by atoms with Gasteiger partial charge in [0, 0.05) is 44.7 Å². The molecule has 1 saturated heterocycles.